The second kappa shape index (κ2) is 6.28. The normalized spacial score (nSPS) is 10.2. The molecule has 1 aromatic rings. The number of nitrogens with one attached hydrogen (secondary N) is 1. The number of amides is 1. The molecule has 0 spiro atoms. The lowest BCUT2D eigenvalue weighted by atomic mass is 10.3. The topological polar surface area (TPSA) is 101 Å². The van der Waals surface area contributed by atoms with Crippen LogP contribution >= 0.6 is 12.2 Å². The Labute approximate surface area is 115 Å². The lowest BCUT2D eigenvalue weighted by Crippen LogP contribution is -2.38. The number of aryl methyl sites for hydroxylation is 1. The van der Waals surface area contributed by atoms with Gasteiger partial charge in [0.1, 0.15) is 6.54 Å². The van der Waals surface area contributed by atoms with Crippen LogP contribution in [-0.4, -0.2) is 38.9 Å². The zero-order valence-electron chi connectivity index (χ0n) is 10.8. The molecule has 1 amide bonds. The molecule has 0 aliphatic carbocycles. The summed E-state index contributed by atoms with van der Waals surface area (Å²) in [5.41, 5.74) is 4.67. The van der Waals surface area contributed by atoms with Gasteiger partial charge in [-0.05, 0) is 6.92 Å². The van der Waals surface area contributed by atoms with E-state index in [2.05, 4.69) is 4.98 Å². The second-order valence-electron chi connectivity index (χ2n) is 4.23. The Morgan fingerprint density at radius 1 is 1.53 bits per heavy atom. The maximum absolute atomic E-state index is 11.9. The number of carbonyl (C=O) groups is 1. The summed E-state index contributed by atoms with van der Waals surface area (Å²) in [5.74, 6) is -0.259. The molecule has 104 valence electrons. The van der Waals surface area contributed by atoms with Gasteiger partial charge in [0.25, 0.3) is 5.56 Å². The minimum Gasteiger partial charge on any atom is -0.393 e. The zero-order chi connectivity index (χ0) is 14.6. The van der Waals surface area contributed by atoms with E-state index in [0.29, 0.717) is 23.5 Å². The molecule has 1 rings (SSSR count). The highest BCUT2D eigenvalue weighted by molar-refractivity contribution is 7.80. The van der Waals surface area contributed by atoms with Gasteiger partial charge in [-0.2, -0.15) is 0 Å². The lowest BCUT2D eigenvalue weighted by Gasteiger charge is -2.17. The monoisotopic (exact) mass is 284 g/mol. The van der Waals surface area contributed by atoms with Gasteiger partial charge in [-0.25, -0.2) is 4.79 Å². The summed E-state index contributed by atoms with van der Waals surface area (Å²) in [7, 11) is 1.60. The first kappa shape index (κ1) is 15.1. The standard InChI is InChI=1S/C11H16N4O3S/c1-7-5-15(11(18)13-10(7)17)6-9(16)14(2)4-3-8(12)19/h5H,3-4,6H2,1-2H3,(H2,12,19)(H,13,17,18). The summed E-state index contributed by atoms with van der Waals surface area (Å²) in [4.78, 5) is 38.5. The van der Waals surface area contributed by atoms with Crippen molar-refractivity contribution in [2.24, 2.45) is 5.73 Å². The third-order valence-corrected chi connectivity index (χ3v) is 2.82. The van der Waals surface area contributed by atoms with Crippen LogP contribution in [0.3, 0.4) is 0 Å². The maximum Gasteiger partial charge on any atom is 0.328 e. The summed E-state index contributed by atoms with van der Waals surface area (Å²) in [5, 5.41) is 0. The minimum atomic E-state index is -0.605. The van der Waals surface area contributed by atoms with Crippen LogP contribution in [-0.2, 0) is 11.3 Å². The van der Waals surface area contributed by atoms with Crippen molar-refractivity contribution in [2.45, 2.75) is 19.9 Å². The van der Waals surface area contributed by atoms with Gasteiger partial charge in [0.2, 0.25) is 5.91 Å². The number of thiocarbonyl (C=S) groups is 1. The number of hydrogen-bond acceptors (Lipinski definition) is 4. The Hall–Kier alpha value is -1.96. The largest absolute Gasteiger partial charge is 0.393 e. The SMILES string of the molecule is Cc1cn(CC(=O)N(C)CCC(N)=S)c(=O)[nH]c1=O. The Morgan fingerprint density at radius 3 is 2.74 bits per heavy atom. The number of carbonyl (C=O) groups excluding carboxylic acids is 1. The Bertz CT molecular complexity index is 605. The van der Waals surface area contributed by atoms with Crippen molar-refractivity contribution >= 4 is 23.1 Å². The molecule has 3 N–H and O–H groups in total. The second-order valence-corrected chi connectivity index (χ2v) is 4.76. The molecular formula is C11H16N4O3S. The van der Waals surface area contributed by atoms with Crippen LogP contribution in [0.4, 0.5) is 0 Å². The Morgan fingerprint density at radius 2 is 2.16 bits per heavy atom. The van der Waals surface area contributed by atoms with E-state index in [0.717, 1.165) is 4.57 Å². The fourth-order valence-electron chi connectivity index (χ4n) is 1.40. The Kier molecular flexibility index (Phi) is 4.99. The van der Waals surface area contributed by atoms with E-state index < -0.39 is 11.2 Å². The van der Waals surface area contributed by atoms with Crippen LogP contribution in [0, 0.1) is 6.92 Å². The summed E-state index contributed by atoms with van der Waals surface area (Å²) in [6.07, 6.45) is 1.79. The van der Waals surface area contributed by atoms with E-state index in [-0.39, 0.29) is 12.5 Å². The highest BCUT2D eigenvalue weighted by Crippen LogP contribution is 1.93. The third kappa shape index (κ3) is 4.32. The van der Waals surface area contributed by atoms with Crippen molar-refractivity contribution in [3.05, 3.63) is 32.6 Å². The molecule has 0 aliphatic heterocycles. The first-order valence-electron chi connectivity index (χ1n) is 5.64. The fraction of sp³-hybridized carbons (Fsp3) is 0.455. The van der Waals surface area contributed by atoms with Crippen molar-refractivity contribution in [3.63, 3.8) is 0 Å². The molecule has 1 aromatic heterocycles. The van der Waals surface area contributed by atoms with Crippen LogP contribution in [0.5, 0.6) is 0 Å². The molecule has 0 aromatic carbocycles. The van der Waals surface area contributed by atoms with Crippen molar-refractivity contribution in [1.29, 1.82) is 0 Å². The first-order chi connectivity index (χ1) is 8.81. The van der Waals surface area contributed by atoms with Gasteiger partial charge in [0.15, 0.2) is 0 Å². The maximum atomic E-state index is 11.9. The van der Waals surface area contributed by atoms with Crippen molar-refractivity contribution in [2.75, 3.05) is 13.6 Å². The third-order valence-electron chi connectivity index (χ3n) is 2.61. The van der Waals surface area contributed by atoms with Gasteiger partial charge in [-0.3, -0.25) is 19.1 Å². The molecule has 0 aliphatic rings. The summed E-state index contributed by atoms with van der Waals surface area (Å²) in [6, 6.07) is 0. The van der Waals surface area contributed by atoms with E-state index in [4.69, 9.17) is 18.0 Å². The quantitative estimate of drug-likeness (QED) is 0.674. The van der Waals surface area contributed by atoms with E-state index in [1.165, 1.54) is 11.1 Å². The smallest absolute Gasteiger partial charge is 0.328 e. The van der Waals surface area contributed by atoms with Crippen LogP contribution in [0.25, 0.3) is 0 Å². The molecule has 0 fully saturated rings. The predicted octanol–water partition coefficient (Wildman–Crippen LogP) is -1.02. The molecule has 0 radical (unpaired) electrons. The number of aromatic amines is 1. The van der Waals surface area contributed by atoms with Crippen molar-refractivity contribution in [3.8, 4) is 0 Å². The molecule has 0 saturated heterocycles. The minimum absolute atomic E-state index is 0.135. The molecule has 1 heterocycles. The van der Waals surface area contributed by atoms with Gasteiger partial charge in [0.05, 0.1) is 4.99 Å². The molecule has 0 unspecified atom stereocenters. The highest BCUT2D eigenvalue weighted by atomic mass is 32.1. The van der Waals surface area contributed by atoms with E-state index >= 15 is 0 Å². The van der Waals surface area contributed by atoms with Gasteiger partial charge >= 0.3 is 5.69 Å². The number of H-pyrrole nitrogens is 1. The average molecular weight is 284 g/mol. The van der Waals surface area contributed by atoms with Gasteiger partial charge in [0, 0.05) is 31.8 Å². The van der Waals surface area contributed by atoms with Crippen molar-refractivity contribution < 1.29 is 4.79 Å². The molecule has 0 atom stereocenters. The van der Waals surface area contributed by atoms with E-state index in [9.17, 15) is 14.4 Å². The summed E-state index contributed by atoms with van der Waals surface area (Å²) < 4.78 is 1.16. The van der Waals surface area contributed by atoms with Crippen LogP contribution in [0.15, 0.2) is 15.8 Å². The molecule has 19 heavy (non-hydrogen) atoms. The lowest BCUT2D eigenvalue weighted by molar-refractivity contribution is -0.130. The number of likely N-dealkylation sites (N-methyl/N-ethyl adjacent to an activating group) is 1. The van der Waals surface area contributed by atoms with Crippen LogP contribution in [0.1, 0.15) is 12.0 Å². The zero-order valence-corrected chi connectivity index (χ0v) is 11.6. The van der Waals surface area contributed by atoms with E-state index in [1.54, 1.807) is 14.0 Å². The fourth-order valence-corrected chi connectivity index (χ4v) is 1.50. The molecule has 8 heteroatoms. The Balaban J connectivity index is 2.77. The number of rotatable bonds is 5. The van der Waals surface area contributed by atoms with Gasteiger partial charge < -0.3 is 10.6 Å². The number of hydrogen-bond donors (Lipinski definition) is 2. The van der Waals surface area contributed by atoms with Crippen molar-refractivity contribution in [1.82, 2.24) is 14.5 Å². The highest BCUT2D eigenvalue weighted by Gasteiger charge is 2.11. The number of nitrogens with two attached hydrogens (primary N) is 1. The molecule has 0 saturated carbocycles. The first-order valence-corrected chi connectivity index (χ1v) is 6.04. The molecule has 7 nitrogen and oxygen atoms in total. The number of aromatic nitrogens is 2. The van der Waals surface area contributed by atoms with Gasteiger partial charge in [-0.1, -0.05) is 12.2 Å². The van der Waals surface area contributed by atoms with Gasteiger partial charge in [-0.15, -0.1) is 0 Å². The predicted molar refractivity (Wildman–Crippen MR) is 75.1 cm³/mol. The van der Waals surface area contributed by atoms with E-state index in [1.807, 2.05) is 0 Å². The number of nitrogens with zero attached hydrogens (tertiary/aromatic N) is 2. The molecular weight excluding hydrogens is 268 g/mol. The van der Waals surface area contributed by atoms with Crippen LogP contribution in [0.2, 0.25) is 0 Å². The average Bonchev–Trinajstić information content (AvgIpc) is 2.32. The summed E-state index contributed by atoms with van der Waals surface area (Å²) >= 11 is 4.73. The van der Waals surface area contributed by atoms with Crippen LogP contribution < -0.4 is 17.0 Å². The summed E-state index contributed by atoms with van der Waals surface area (Å²) in [6.45, 7) is 1.82. The molecule has 0 bridgehead atoms.